The Hall–Kier alpha value is -3.88. The molecule has 0 heterocycles. The molecule has 0 saturated carbocycles. The van der Waals surface area contributed by atoms with E-state index in [-0.39, 0.29) is 82.6 Å². The largest absolute Gasteiger partial charge is 0.481 e. The minimum atomic E-state index is -1.68. The Kier molecular flexibility index (Phi) is 23.7. The molecule has 2 amide bonds. The van der Waals surface area contributed by atoms with Crippen LogP contribution in [0.15, 0.2) is 0 Å². The lowest BCUT2D eigenvalue weighted by Gasteiger charge is -2.36. The minimum Gasteiger partial charge on any atom is -0.481 e. The average Bonchev–Trinajstić information content (AvgIpc) is 3.10. The van der Waals surface area contributed by atoms with Crippen LogP contribution in [0.2, 0.25) is 0 Å². The van der Waals surface area contributed by atoms with E-state index in [0.717, 1.165) is 0 Å². The fraction of sp³-hybridized carbons (Fsp3) is 0.789. The van der Waals surface area contributed by atoms with Crippen LogP contribution in [0.4, 0.5) is 0 Å². The number of carboxylic acids is 3. The van der Waals surface area contributed by atoms with E-state index in [4.69, 9.17) is 24.1 Å². The second-order valence-electron chi connectivity index (χ2n) is 15.8. The fourth-order valence-electron chi connectivity index (χ4n) is 5.40. The number of nitrogens with one attached hydrogen (secondary N) is 4. The normalized spacial score (nSPS) is 14.2. The Morgan fingerprint density at radius 1 is 0.596 bits per heavy atom. The second kappa shape index (κ2) is 25.5. The first-order valence-electron chi connectivity index (χ1n) is 19.0. The van der Waals surface area contributed by atoms with Crippen molar-refractivity contribution in [1.29, 1.82) is 0 Å². The van der Waals surface area contributed by atoms with Crippen LogP contribution in [0.3, 0.4) is 0 Å². The van der Waals surface area contributed by atoms with Crippen LogP contribution in [0.25, 0.3) is 0 Å². The van der Waals surface area contributed by atoms with Crippen molar-refractivity contribution in [3.05, 3.63) is 0 Å². The van der Waals surface area contributed by atoms with Gasteiger partial charge < -0.3 is 55.5 Å². The molecule has 0 fully saturated rings. The van der Waals surface area contributed by atoms with Crippen LogP contribution in [0.5, 0.6) is 0 Å². The summed E-state index contributed by atoms with van der Waals surface area (Å²) in [6.45, 7) is 16.5. The summed E-state index contributed by atoms with van der Waals surface area (Å²) in [7, 11) is 0. The molecule has 19 nitrogen and oxygen atoms in total. The molecule has 57 heavy (non-hydrogen) atoms. The fourth-order valence-corrected chi connectivity index (χ4v) is 5.40. The van der Waals surface area contributed by atoms with Crippen molar-refractivity contribution in [1.82, 2.24) is 21.3 Å². The third kappa shape index (κ3) is 21.5. The molecule has 0 aromatic carbocycles. The maximum atomic E-state index is 13.4. The standard InChI is InChI=1S/C38H66N4O15/c1-10-38(9,24-35(3,4)33(52)42-27(32(50)51)21-30(46)47)34(53)41-26(31(48)49)11-12-28(44)36(5,6)39-13-15-55-18-20-57-23-29(45)37(7,8)40-14-16-54-17-19-56-22-25(2)43/h26-27,39-40H,10-24H2,1-9H3,(H,41,53)(H,42,52)(H,46,47)(H,48,49)(H,50,51). The second-order valence-corrected chi connectivity index (χ2v) is 15.8. The van der Waals surface area contributed by atoms with Gasteiger partial charge in [0.2, 0.25) is 11.8 Å². The van der Waals surface area contributed by atoms with Crippen LogP contribution in [-0.2, 0) is 57.3 Å². The first-order valence-corrected chi connectivity index (χ1v) is 19.0. The van der Waals surface area contributed by atoms with Crippen molar-refractivity contribution in [3.63, 3.8) is 0 Å². The van der Waals surface area contributed by atoms with Gasteiger partial charge >= 0.3 is 17.9 Å². The van der Waals surface area contributed by atoms with Crippen molar-refractivity contribution >= 4 is 47.1 Å². The molecule has 0 aliphatic heterocycles. The molecule has 328 valence electrons. The Labute approximate surface area is 335 Å². The highest BCUT2D eigenvalue weighted by Gasteiger charge is 2.43. The summed E-state index contributed by atoms with van der Waals surface area (Å²) >= 11 is 0. The predicted octanol–water partition coefficient (Wildman–Crippen LogP) is 0.743. The van der Waals surface area contributed by atoms with Crippen molar-refractivity contribution in [3.8, 4) is 0 Å². The number of carbonyl (C=O) groups excluding carboxylic acids is 5. The SMILES string of the molecule is CCC(C)(CC(C)(C)C(=O)NC(CC(=O)O)C(=O)O)C(=O)NC(CCC(=O)C(C)(C)NCCOCCOCC(=O)C(C)(C)NCCOCCOCC(C)=O)C(=O)O. The topological polar surface area (TPSA) is 282 Å². The number of amides is 2. The summed E-state index contributed by atoms with van der Waals surface area (Å²) in [6, 6.07) is -3.11. The number of Topliss-reactive ketones (excluding diaryl/α,β-unsaturated/α-hetero) is 3. The summed E-state index contributed by atoms with van der Waals surface area (Å²) in [6.07, 6.45) is -1.20. The molecule has 0 rings (SSSR count). The smallest absolute Gasteiger partial charge is 0.326 e. The Balaban J connectivity index is 4.76. The molecule has 7 N–H and O–H groups in total. The molecular formula is C38H66N4O15. The highest BCUT2D eigenvalue weighted by Crippen LogP contribution is 2.37. The quantitative estimate of drug-likeness (QED) is 0.0441. The van der Waals surface area contributed by atoms with Gasteiger partial charge in [-0.15, -0.1) is 0 Å². The van der Waals surface area contributed by atoms with E-state index in [1.54, 1.807) is 34.6 Å². The molecule has 3 atom stereocenters. The molecular weight excluding hydrogens is 752 g/mol. The average molecular weight is 819 g/mol. The Bertz CT molecular complexity index is 1370. The van der Waals surface area contributed by atoms with Crippen LogP contribution >= 0.6 is 0 Å². The van der Waals surface area contributed by atoms with E-state index in [9.17, 15) is 48.6 Å². The van der Waals surface area contributed by atoms with E-state index in [0.29, 0.717) is 26.4 Å². The van der Waals surface area contributed by atoms with Crippen molar-refractivity contribution in [2.75, 3.05) is 65.9 Å². The molecule has 0 bridgehead atoms. The Morgan fingerprint density at radius 2 is 1.05 bits per heavy atom. The van der Waals surface area contributed by atoms with Crippen molar-refractivity contribution < 1.29 is 72.6 Å². The first-order chi connectivity index (χ1) is 26.3. The lowest BCUT2D eigenvalue weighted by molar-refractivity contribution is -0.149. The summed E-state index contributed by atoms with van der Waals surface area (Å²) in [5, 5.41) is 39.0. The number of rotatable bonds is 34. The molecule has 0 spiro atoms. The van der Waals surface area contributed by atoms with Crippen LogP contribution < -0.4 is 21.3 Å². The van der Waals surface area contributed by atoms with Gasteiger partial charge in [0.05, 0.1) is 57.1 Å². The van der Waals surface area contributed by atoms with Gasteiger partial charge in [-0.3, -0.25) is 28.8 Å². The zero-order chi connectivity index (χ0) is 44.0. The molecule has 0 saturated heterocycles. The van der Waals surface area contributed by atoms with Crippen LogP contribution in [0, 0.1) is 10.8 Å². The molecule has 19 heteroatoms. The summed E-state index contributed by atoms with van der Waals surface area (Å²) in [5.74, 6) is -6.31. The molecule has 0 aromatic rings. The van der Waals surface area contributed by atoms with Crippen molar-refractivity contribution in [2.24, 2.45) is 10.8 Å². The highest BCUT2D eigenvalue weighted by atomic mass is 16.5. The van der Waals surface area contributed by atoms with Gasteiger partial charge in [0.15, 0.2) is 17.3 Å². The zero-order valence-electron chi connectivity index (χ0n) is 35.0. The minimum absolute atomic E-state index is 0.0481. The highest BCUT2D eigenvalue weighted by molar-refractivity contribution is 5.92. The van der Waals surface area contributed by atoms with Crippen molar-refractivity contribution in [2.45, 2.75) is 118 Å². The number of ether oxygens (including phenoxy) is 4. The molecule has 0 aliphatic rings. The van der Waals surface area contributed by atoms with Gasteiger partial charge in [0.25, 0.3) is 0 Å². The molecule has 3 unspecified atom stereocenters. The molecule has 0 aromatic heterocycles. The summed E-state index contributed by atoms with van der Waals surface area (Å²) < 4.78 is 21.5. The number of hydrogen-bond acceptors (Lipinski definition) is 14. The lowest BCUT2D eigenvalue weighted by atomic mass is 9.71. The van der Waals surface area contributed by atoms with Gasteiger partial charge in [-0.1, -0.05) is 27.7 Å². The summed E-state index contributed by atoms with van der Waals surface area (Å²) in [5.41, 5.74) is -4.54. The van der Waals surface area contributed by atoms with Crippen LogP contribution in [-0.4, -0.2) is 151 Å². The number of carbonyl (C=O) groups is 8. The number of ketones is 3. The van der Waals surface area contributed by atoms with Crippen LogP contribution in [0.1, 0.15) is 94.4 Å². The predicted molar refractivity (Wildman–Crippen MR) is 206 cm³/mol. The van der Waals surface area contributed by atoms with E-state index in [1.165, 1.54) is 27.7 Å². The summed E-state index contributed by atoms with van der Waals surface area (Å²) in [4.78, 5) is 97.5. The number of carboxylic acid groups (broad SMARTS) is 3. The number of aliphatic carboxylic acids is 3. The lowest BCUT2D eigenvalue weighted by Crippen LogP contribution is -2.52. The zero-order valence-corrected chi connectivity index (χ0v) is 35.0. The monoisotopic (exact) mass is 818 g/mol. The molecule has 0 aliphatic carbocycles. The van der Waals surface area contributed by atoms with Gasteiger partial charge in [0, 0.05) is 30.3 Å². The van der Waals surface area contributed by atoms with E-state index >= 15 is 0 Å². The van der Waals surface area contributed by atoms with E-state index in [2.05, 4.69) is 21.3 Å². The van der Waals surface area contributed by atoms with E-state index in [1.807, 2.05) is 0 Å². The van der Waals surface area contributed by atoms with Gasteiger partial charge in [-0.05, 0) is 53.9 Å². The van der Waals surface area contributed by atoms with Gasteiger partial charge in [-0.2, -0.15) is 0 Å². The maximum absolute atomic E-state index is 13.4. The number of hydrogen-bond donors (Lipinski definition) is 7. The van der Waals surface area contributed by atoms with E-state index < -0.39 is 70.1 Å². The molecule has 0 radical (unpaired) electrons. The Morgan fingerprint density at radius 3 is 1.51 bits per heavy atom. The van der Waals surface area contributed by atoms with Gasteiger partial charge in [-0.25, -0.2) is 9.59 Å². The van der Waals surface area contributed by atoms with Gasteiger partial charge in [0.1, 0.15) is 25.3 Å². The third-order valence-electron chi connectivity index (χ3n) is 9.32. The third-order valence-corrected chi connectivity index (χ3v) is 9.32. The maximum Gasteiger partial charge on any atom is 0.326 e. The first kappa shape index (κ1) is 53.1.